The third kappa shape index (κ3) is 2.78. The van der Waals surface area contributed by atoms with Crippen LogP contribution in [0.4, 0.5) is 11.5 Å². The quantitative estimate of drug-likeness (QED) is 0.677. The Balaban J connectivity index is 2.03. The SMILES string of the molecule is CC(C)c1ccc2[nH]c(O)c(N=Nc3ccc(Cl)nn3)c2c1. The van der Waals surface area contributed by atoms with E-state index in [0.29, 0.717) is 17.4 Å². The highest BCUT2D eigenvalue weighted by molar-refractivity contribution is 6.29. The van der Waals surface area contributed by atoms with Gasteiger partial charge in [-0.3, -0.25) is 0 Å². The molecule has 0 amide bonds. The average Bonchev–Trinajstić information content (AvgIpc) is 2.81. The monoisotopic (exact) mass is 315 g/mol. The van der Waals surface area contributed by atoms with Crippen molar-refractivity contribution in [2.75, 3.05) is 0 Å². The molecule has 112 valence electrons. The third-order valence-electron chi connectivity index (χ3n) is 3.31. The highest BCUT2D eigenvalue weighted by Gasteiger charge is 2.12. The fraction of sp³-hybridized carbons (Fsp3) is 0.200. The Morgan fingerprint density at radius 3 is 2.64 bits per heavy atom. The van der Waals surface area contributed by atoms with Gasteiger partial charge < -0.3 is 10.1 Å². The van der Waals surface area contributed by atoms with Gasteiger partial charge in [-0.15, -0.1) is 20.4 Å². The molecular weight excluding hydrogens is 302 g/mol. The summed E-state index contributed by atoms with van der Waals surface area (Å²) in [5, 5.41) is 26.7. The van der Waals surface area contributed by atoms with Crippen LogP contribution < -0.4 is 0 Å². The molecule has 1 aromatic carbocycles. The molecule has 3 rings (SSSR count). The lowest BCUT2D eigenvalue weighted by Gasteiger charge is -2.04. The number of azo groups is 1. The molecule has 2 aromatic heterocycles. The van der Waals surface area contributed by atoms with Crippen molar-refractivity contribution in [1.29, 1.82) is 0 Å². The highest BCUT2D eigenvalue weighted by atomic mass is 35.5. The molecule has 2 heterocycles. The number of hydrogen-bond donors (Lipinski definition) is 2. The molecule has 7 heteroatoms. The first-order valence-corrected chi connectivity index (χ1v) is 7.18. The number of aromatic hydroxyl groups is 1. The van der Waals surface area contributed by atoms with Crippen LogP contribution in [0.3, 0.4) is 0 Å². The van der Waals surface area contributed by atoms with E-state index < -0.39 is 0 Å². The molecule has 0 fully saturated rings. The van der Waals surface area contributed by atoms with Crippen LogP contribution in [0, 0.1) is 0 Å². The van der Waals surface area contributed by atoms with Crippen molar-refractivity contribution in [2.45, 2.75) is 19.8 Å². The van der Waals surface area contributed by atoms with Gasteiger partial charge in [-0.25, -0.2) is 0 Å². The van der Waals surface area contributed by atoms with Crippen molar-refractivity contribution in [2.24, 2.45) is 10.2 Å². The number of nitrogens with zero attached hydrogens (tertiary/aromatic N) is 4. The first kappa shape index (κ1) is 14.5. The maximum absolute atomic E-state index is 10.0. The lowest BCUT2D eigenvalue weighted by atomic mass is 10.0. The molecule has 0 radical (unpaired) electrons. The summed E-state index contributed by atoms with van der Waals surface area (Å²) in [6, 6.07) is 9.12. The summed E-state index contributed by atoms with van der Waals surface area (Å²) >= 11 is 5.67. The fourth-order valence-electron chi connectivity index (χ4n) is 2.10. The topological polar surface area (TPSA) is 86.5 Å². The van der Waals surface area contributed by atoms with Crippen LogP contribution in [-0.2, 0) is 0 Å². The van der Waals surface area contributed by atoms with Crippen LogP contribution in [0.25, 0.3) is 10.9 Å². The number of rotatable bonds is 3. The van der Waals surface area contributed by atoms with Gasteiger partial charge in [0.15, 0.2) is 16.7 Å². The summed E-state index contributed by atoms with van der Waals surface area (Å²) in [5.41, 5.74) is 2.35. The maximum atomic E-state index is 10.0. The number of benzene rings is 1. The van der Waals surface area contributed by atoms with Crippen LogP contribution in [0.1, 0.15) is 25.3 Å². The van der Waals surface area contributed by atoms with Gasteiger partial charge in [-0.05, 0) is 35.7 Å². The van der Waals surface area contributed by atoms with Crippen molar-refractivity contribution in [1.82, 2.24) is 15.2 Å². The van der Waals surface area contributed by atoms with Gasteiger partial charge in [-0.1, -0.05) is 31.5 Å². The molecule has 2 N–H and O–H groups in total. The normalized spacial score (nSPS) is 11.8. The summed E-state index contributed by atoms with van der Waals surface area (Å²) < 4.78 is 0. The molecule has 0 unspecified atom stereocenters. The largest absolute Gasteiger partial charge is 0.493 e. The first-order chi connectivity index (χ1) is 10.5. The van der Waals surface area contributed by atoms with E-state index in [0.717, 1.165) is 16.5 Å². The van der Waals surface area contributed by atoms with E-state index in [1.165, 1.54) is 0 Å². The molecule has 0 saturated heterocycles. The second-order valence-corrected chi connectivity index (χ2v) is 5.58. The van der Waals surface area contributed by atoms with E-state index in [-0.39, 0.29) is 11.0 Å². The van der Waals surface area contributed by atoms with E-state index in [4.69, 9.17) is 11.6 Å². The minimum Gasteiger partial charge on any atom is -0.493 e. The van der Waals surface area contributed by atoms with Gasteiger partial charge in [0.05, 0.1) is 5.52 Å². The van der Waals surface area contributed by atoms with Gasteiger partial charge in [0.2, 0.25) is 5.88 Å². The van der Waals surface area contributed by atoms with E-state index >= 15 is 0 Å². The Kier molecular flexibility index (Phi) is 3.77. The van der Waals surface area contributed by atoms with Crippen LogP contribution >= 0.6 is 11.6 Å². The van der Waals surface area contributed by atoms with Crippen LogP contribution in [-0.4, -0.2) is 20.3 Å². The third-order valence-corrected chi connectivity index (χ3v) is 3.51. The van der Waals surface area contributed by atoms with E-state index in [2.05, 4.69) is 39.3 Å². The highest BCUT2D eigenvalue weighted by Crippen LogP contribution is 2.37. The zero-order valence-corrected chi connectivity index (χ0v) is 12.8. The van der Waals surface area contributed by atoms with Crippen molar-refractivity contribution in [3.8, 4) is 5.88 Å². The molecule has 6 nitrogen and oxygen atoms in total. The number of hydrogen-bond acceptors (Lipinski definition) is 5. The first-order valence-electron chi connectivity index (χ1n) is 6.80. The lowest BCUT2D eigenvalue weighted by molar-refractivity contribution is 0.459. The second-order valence-electron chi connectivity index (χ2n) is 5.20. The summed E-state index contributed by atoms with van der Waals surface area (Å²) in [6.07, 6.45) is 0. The van der Waals surface area contributed by atoms with Crippen LogP contribution in [0.2, 0.25) is 5.15 Å². The molecule has 22 heavy (non-hydrogen) atoms. The molecule has 0 aliphatic heterocycles. The van der Waals surface area contributed by atoms with Crippen molar-refractivity contribution in [3.63, 3.8) is 0 Å². The minimum absolute atomic E-state index is 0.0263. The number of nitrogens with one attached hydrogen (secondary N) is 1. The Morgan fingerprint density at radius 2 is 1.95 bits per heavy atom. The van der Waals surface area contributed by atoms with Gasteiger partial charge in [0, 0.05) is 5.39 Å². The second kappa shape index (κ2) is 5.73. The number of aromatic amines is 1. The predicted molar refractivity (Wildman–Crippen MR) is 85.3 cm³/mol. The number of halogens is 1. The molecular formula is C15H14ClN5O. The van der Waals surface area contributed by atoms with Gasteiger partial charge in [-0.2, -0.15) is 0 Å². The predicted octanol–water partition coefficient (Wildman–Crippen LogP) is 4.86. The van der Waals surface area contributed by atoms with E-state index in [1.54, 1.807) is 12.1 Å². The number of fused-ring (bicyclic) bond motifs is 1. The fourth-order valence-corrected chi connectivity index (χ4v) is 2.21. The zero-order chi connectivity index (χ0) is 15.7. The molecule has 0 aliphatic carbocycles. The van der Waals surface area contributed by atoms with Gasteiger partial charge in [0.25, 0.3) is 0 Å². The summed E-state index contributed by atoms with van der Waals surface area (Å²) in [4.78, 5) is 2.88. The van der Waals surface area contributed by atoms with Crippen molar-refractivity contribution in [3.05, 3.63) is 41.0 Å². The van der Waals surface area contributed by atoms with Crippen LogP contribution in [0.5, 0.6) is 5.88 Å². The minimum atomic E-state index is -0.0263. The molecule has 3 aromatic rings. The molecule has 0 atom stereocenters. The van der Waals surface area contributed by atoms with Crippen molar-refractivity contribution < 1.29 is 5.11 Å². The summed E-state index contributed by atoms with van der Waals surface area (Å²) in [6.45, 7) is 4.22. The van der Waals surface area contributed by atoms with Gasteiger partial charge >= 0.3 is 0 Å². The number of aromatic nitrogens is 3. The maximum Gasteiger partial charge on any atom is 0.218 e. The zero-order valence-electron chi connectivity index (χ0n) is 12.1. The Bertz CT molecular complexity index is 839. The number of H-pyrrole nitrogens is 1. The molecule has 0 aliphatic rings. The van der Waals surface area contributed by atoms with Gasteiger partial charge in [0.1, 0.15) is 0 Å². The average molecular weight is 316 g/mol. The molecule has 0 bridgehead atoms. The Hall–Kier alpha value is -2.47. The summed E-state index contributed by atoms with van der Waals surface area (Å²) in [5.74, 6) is 0.674. The Labute approximate surface area is 131 Å². The molecule has 0 saturated carbocycles. The summed E-state index contributed by atoms with van der Waals surface area (Å²) in [7, 11) is 0. The van der Waals surface area contributed by atoms with Crippen LogP contribution in [0.15, 0.2) is 40.6 Å². The Morgan fingerprint density at radius 1 is 1.14 bits per heavy atom. The smallest absolute Gasteiger partial charge is 0.218 e. The molecule has 0 spiro atoms. The standard InChI is InChI=1S/C15H14ClN5O/c1-8(2)9-3-4-11-10(7-9)14(15(22)17-11)21-20-13-6-5-12(16)18-19-13/h3-8,17,22H,1-2H3. The van der Waals surface area contributed by atoms with E-state index in [1.807, 2.05) is 18.2 Å². The van der Waals surface area contributed by atoms with E-state index in [9.17, 15) is 5.11 Å². The van der Waals surface area contributed by atoms with Crippen molar-refractivity contribution >= 4 is 34.0 Å². The lowest BCUT2D eigenvalue weighted by Crippen LogP contribution is -1.85.